The van der Waals surface area contributed by atoms with Gasteiger partial charge in [-0.15, -0.1) is 0 Å². The molecule has 0 saturated carbocycles. The number of phenolic OH excluding ortho intramolecular Hbond substituents is 1. The van der Waals surface area contributed by atoms with Gasteiger partial charge in [0.1, 0.15) is 46.4 Å². The van der Waals surface area contributed by atoms with Gasteiger partial charge in [0.25, 0.3) is 5.91 Å². The number of aliphatic hydroxyl groups is 1. The van der Waals surface area contributed by atoms with Crippen LogP contribution in [-0.2, 0) is 16.0 Å². The van der Waals surface area contributed by atoms with Crippen LogP contribution in [0.1, 0.15) is 22.8 Å². The molecule has 6 aromatic carbocycles. The topological polar surface area (TPSA) is 188 Å². The minimum absolute atomic E-state index is 0.0398. The van der Waals surface area contributed by atoms with Gasteiger partial charge >= 0.3 is 13.1 Å². The van der Waals surface area contributed by atoms with Crippen LogP contribution in [0.15, 0.2) is 102 Å². The van der Waals surface area contributed by atoms with Gasteiger partial charge in [-0.25, -0.2) is 14.6 Å². The van der Waals surface area contributed by atoms with Crippen molar-refractivity contribution in [1.82, 2.24) is 5.43 Å². The predicted octanol–water partition coefficient (Wildman–Crippen LogP) is 4.11. The molecule has 0 aromatic heterocycles. The zero-order valence-electron chi connectivity index (χ0n) is 28.6. The maximum atomic E-state index is 15.3. The van der Waals surface area contributed by atoms with Gasteiger partial charge < -0.3 is 43.9 Å². The number of rotatable bonds is 10. The number of amides is 1. The minimum atomic E-state index is -1.10. The maximum absolute atomic E-state index is 15.3. The zero-order chi connectivity index (χ0) is 38.2. The lowest BCUT2D eigenvalue weighted by Gasteiger charge is -2.33. The van der Waals surface area contributed by atoms with Gasteiger partial charge in [0.2, 0.25) is 0 Å². The van der Waals surface area contributed by atoms with Gasteiger partial charge in [-0.2, -0.15) is 5.10 Å². The van der Waals surface area contributed by atoms with Crippen LogP contribution in [0, 0.1) is 5.82 Å². The minimum Gasteiger partial charge on any atom is -0.872 e. The Morgan fingerprint density at radius 1 is 0.855 bits per heavy atom. The number of phenols is 1. The second kappa shape index (κ2) is 14.4. The summed E-state index contributed by atoms with van der Waals surface area (Å²) in [5.74, 6) is -1.12. The van der Waals surface area contributed by atoms with E-state index in [-0.39, 0.29) is 35.6 Å². The number of carbonyl (C=O) groups excluding carboxylic acids is 1. The van der Waals surface area contributed by atoms with E-state index in [0.29, 0.717) is 34.1 Å². The molecule has 0 saturated heterocycles. The van der Waals surface area contributed by atoms with Crippen molar-refractivity contribution in [2.45, 2.75) is 18.6 Å². The molecule has 4 N–H and O–H groups in total. The summed E-state index contributed by atoms with van der Waals surface area (Å²) in [5, 5.41) is 49.1. The van der Waals surface area contributed by atoms with E-state index < -0.39 is 49.4 Å². The molecule has 55 heavy (non-hydrogen) atoms. The van der Waals surface area contributed by atoms with Gasteiger partial charge in [-0.1, -0.05) is 36.1 Å². The molecule has 2 aliphatic heterocycles. The van der Waals surface area contributed by atoms with E-state index >= 15 is 4.39 Å². The normalized spacial score (nSPS) is 15.9. The summed E-state index contributed by atoms with van der Waals surface area (Å²) in [7, 11) is -1.10. The smallest absolute Gasteiger partial charge is 0.635 e. The fraction of sp³-hybridized carbons (Fsp3) is 0.125. The van der Waals surface area contributed by atoms with Crippen LogP contribution in [0.2, 0.25) is 0 Å². The number of carboxylic acid groups (broad SMARTS) is 1. The fourth-order valence-corrected chi connectivity index (χ4v) is 6.46. The van der Waals surface area contributed by atoms with Crippen molar-refractivity contribution in [3.63, 3.8) is 0 Å². The molecule has 2 heterocycles. The Morgan fingerprint density at radius 3 is 2.27 bits per heavy atom. The van der Waals surface area contributed by atoms with E-state index in [4.69, 9.17) is 28.6 Å². The molecule has 0 aliphatic carbocycles. The monoisotopic (exact) mass is 743 g/mol. The lowest BCUT2D eigenvalue weighted by Crippen LogP contribution is -2.41. The first-order valence-electron chi connectivity index (χ1n) is 17.0. The summed E-state index contributed by atoms with van der Waals surface area (Å²) >= 11 is 0. The summed E-state index contributed by atoms with van der Waals surface area (Å²) in [4.78, 5) is 23.3. The van der Waals surface area contributed by atoms with Crippen molar-refractivity contribution in [2.75, 3.05) is 13.2 Å². The number of halogens is 1. The summed E-state index contributed by atoms with van der Waals surface area (Å²) in [6, 6.07) is 26.1. The molecule has 6 aromatic rings. The third-order valence-electron chi connectivity index (χ3n) is 9.09. The molecule has 8 rings (SSSR count). The van der Waals surface area contributed by atoms with E-state index in [1.54, 1.807) is 48.5 Å². The van der Waals surface area contributed by atoms with Crippen LogP contribution < -0.4 is 39.5 Å². The summed E-state index contributed by atoms with van der Waals surface area (Å²) in [6.07, 6.45) is -0.567. The zero-order valence-corrected chi connectivity index (χ0v) is 28.6. The number of carbonyl (C=O) groups is 2. The molecule has 0 unspecified atom stereocenters. The highest BCUT2D eigenvalue weighted by Gasteiger charge is 2.38. The number of nitrogens with zero attached hydrogens (tertiary/aromatic N) is 1. The Bertz CT molecular complexity index is 2530. The Balaban J connectivity index is 0.852. The van der Waals surface area contributed by atoms with Crippen LogP contribution >= 0.6 is 0 Å². The Kier molecular flexibility index (Phi) is 9.20. The van der Waals surface area contributed by atoms with Crippen molar-refractivity contribution in [1.29, 1.82) is 0 Å². The number of aliphatic carboxylic acids is 1. The van der Waals surface area contributed by atoms with E-state index in [1.807, 2.05) is 24.3 Å². The number of aromatic hydroxyl groups is 1. The average molecular weight is 743 g/mol. The summed E-state index contributed by atoms with van der Waals surface area (Å²) in [5.41, 5.74) is 3.65. The fourth-order valence-electron chi connectivity index (χ4n) is 6.46. The largest absolute Gasteiger partial charge is 0.872 e. The Hall–Kier alpha value is -7.00. The van der Waals surface area contributed by atoms with E-state index in [1.165, 1.54) is 24.4 Å². The molecule has 0 bridgehead atoms. The lowest BCUT2D eigenvalue weighted by molar-refractivity contribution is -0.270. The molecule has 0 spiro atoms. The van der Waals surface area contributed by atoms with E-state index in [2.05, 4.69) is 10.5 Å². The third kappa shape index (κ3) is 7.46. The molecular weight excluding hydrogens is 714 g/mol. The van der Waals surface area contributed by atoms with Crippen molar-refractivity contribution in [2.24, 2.45) is 5.10 Å². The highest BCUT2D eigenvalue weighted by atomic mass is 19.1. The summed E-state index contributed by atoms with van der Waals surface area (Å²) in [6.45, 7) is -0.753. The highest BCUT2D eigenvalue weighted by Crippen LogP contribution is 2.43. The molecular formula is C40H29BFN2O11-. The van der Waals surface area contributed by atoms with Crippen molar-refractivity contribution < 1.29 is 57.9 Å². The first kappa shape index (κ1) is 35.1. The van der Waals surface area contributed by atoms with Gasteiger partial charge in [-0.05, 0) is 98.9 Å². The van der Waals surface area contributed by atoms with Crippen LogP contribution in [0.3, 0.4) is 0 Å². The first-order chi connectivity index (χ1) is 26.6. The van der Waals surface area contributed by atoms with Crippen LogP contribution in [0.5, 0.6) is 40.2 Å². The van der Waals surface area contributed by atoms with Gasteiger partial charge in [-0.3, -0.25) is 4.79 Å². The van der Waals surface area contributed by atoms with Crippen LogP contribution in [0.4, 0.5) is 4.39 Å². The quantitative estimate of drug-likeness (QED) is 0.0685. The molecule has 13 nitrogen and oxygen atoms in total. The molecule has 1 amide bonds. The number of hydrogen-bond acceptors (Lipinski definition) is 11. The van der Waals surface area contributed by atoms with Gasteiger partial charge in [0.05, 0.1) is 12.3 Å². The number of hydrazone groups is 1. The van der Waals surface area contributed by atoms with Crippen LogP contribution in [-0.4, -0.2) is 59.8 Å². The molecule has 0 radical (unpaired) electrons. The first-order valence-corrected chi connectivity index (χ1v) is 17.0. The number of nitrogens with one attached hydrogen (secondary N) is 1. The molecule has 2 atom stereocenters. The lowest BCUT2D eigenvalue weighted by atomic mass is 9.78. The predicted molar refractivity (Wildman–Crippen MR) is 196 cm³/mol. The van der Waals surface area contributed by atoms with Crippen molar-refractivity contribution in [3.05, 3.63) is 120 Å². The highest BCUT2D eigenvalue weighted by molar-refractivity contribution is 6.63. The summed E-state index contributed by atoms with van der Waals surface area (Å²) < 4.78 is 43.8. The van der Waals surface area contributed by atoms with E-state index in [0.717, 1.165) is 27.6 Å². The third-order valence-corrected chi connectivity index (χ3v) is 9.09. The average Bonchev–Trinajstić information content (AvgIpc) is 3.58. The second-order valence-corrected chi connectivity index (χ2v) is 12.9. The van der Waals surface area contributed by atoms with Gasteiger partial charge in [0, 0.05) is 17.9 Å². The van der Waals surface area contributed by atoms with E-state index in [9.17, 15) is 24.9 Å². The number of carboxylic acids is 1. The number of hydrogen-bond donors (Lipinski definition) is 4. The Morgan fingerprint density at radius 2 is 1.56 bits per heavy atom. The van der Waals surface area contributed by atoms with Crippen molar-refractivity contribution >= 4 is 52.2 Å². The number of benzene rings is 6. The SMILES string of the molecule is O=C(O)COc1ccc2cc3cc(OCC(=O)N/N=C\c4ccc(B5Oc6ccc([C@H]7Oc8cc(O)cc([O-])c8C[C@@H]7O)cc6O5)c(F)c4)ccc3cc2c1. The van der Waals surface area contributed by atoms with Gasteiger partial charge in [0.15, 0.2) is 13.2 Å². The molecule has 0 fully saturated rings. The number of ether oxygens (including phenoxy) is 3. The second-order valence-electron chi connectivity index (χ2n) is 12.9. The molecule has 276 valence electrons. The Labute approximate surface area is 311 Å². The maximum Gasteiger partial charge on any atom is 0.635 e. The number of fused-ring (bicyclic) bond motifs is 4. The number of aliphatic hydroxyl groups excluding tert-OH is 1. The molecule has 15 heteroatoms. The standard InChI is InChI=1S/C40H30BFN2O11/c42-32-9-21(18-43-44-38(48)19-51-28-5-2-22-11-26-13-29(52-20-39(49)50)6-3-23(26)10-25(22)12-28)1-7-31(32)41-54-35-8-4-24(14-37(35)55-41)40-34(47)17-30-33(46)15-27(45)16-36(30)53-40/h1-16,18,34,40,45-47H,17,19-20H2,(H,44,48)(H,49,50)/p-1/b43-18-/t34-,40+/m0/s1. The van der Waals surface area contributed by atoms with Crippen molar-refractivity contribution in [3.8, 4) is 40.2 Å². The van der Waals surface area contributed by atoms with Crippen LogP contribution in [0.25, 0.3) is 21.5 Å². The molecule has 2 aliphatic rings.